The lowest BCUT2D eigenvalue weighted by atomic mass is 10.1. The fourth-order valence-corrected chi connectivity index (χ4v) is 5.97. The van der Waals surface area contributed by atoms with Crippen LogP contribution in [-0.4, -0.2) is 80.9 Å². The van der Waals surface area contributed by atoms with Gasteiger partial charge in [0.1, 0.15) is 23.6 Å². The molecule has 6 rings (SSSR count). The molecular formula is C50H61N13O3. The normalized spacial score (nSPS) is 10.6. The molecule has 0 saturated carbocycles. The third-order valence-electron chi connectivity index (χ3n) is 9.67. The second-order valence-corrected chi connectivity index (χ2v) is 16.7. The molecule has 0 bridgehead atoms. The summed E-state index contributed by atoms with van der Waals surface area (Å²) in [5, 5.41) is 11.8. The van der Waals surface area contributed by atoms with E-state index >= 15 is 0 Å². The van der Waals surface area contributed by atoms with Crippen molar-refractivity contribution in [3.8, 4) is 39.8 Å². The highest BCUT2D eigenvalue weighted by Crippen LogP contribution is 2.23. The SMILES string of the molecule is CC(C)CCN(CCC(C)C)c1nc(C(N)=O)cc(-c2ccccc2)n1.CC(C)CNc1nc(C(N)=O)cc(-c2ccccc2)n1.CN(CC#N)c1nc(C(N)=O)cc(-c2ccccc2)n1. The van der Waals surface area contributed by atoms with E-state index in [4.69, 9.17) is 27.4 Å². The minimum atomic E-state index is -0.629. The highest BCUT2D eigenvalue weighted by atomic mass is 16.2. The maximum absolute atomic E-state index is 11.8. The van der Waals surface area contributed by atoms with E-state index in [1.165, 1.54) is 0 Å². The predicted octanol–water partition coefficient (Wildman–Crippen LogP) is 7.65. The molecule has 66 heavy (non-hydrogen) atoms. The number of hydrogen-bond acceptors (Lipinski definition) is 13. The molecule has 0 atom stereocenters. The number of nitrogens with zero attached hydrogens (tertiary/aromatic N) is 9. The van der Waals surface area contributed by atoms with Crippen LogP contribution in [-0.2, 0) is 0 Å². The Labute approximate surface area is 387 Å². The number of anilines is 3. The minimum absolute atomic E-state index is 0.121. The Morgan fingerprint density at radius 3 is 1.32 bits per heavy atom. The first kappa shape index (κ1) is 50.8. The van der Waals surface area contributed by atoms with Crippen LogP contribution in [0, 0.1) is 29.1 Å². The standard InChI is InChI=1S/C21H30N4O.C15H18N4O.C14H13N5O/c1-15(2)10-12-25(13-11-16(3)4)21-23-18(14-19(24-21)20(22)26)17-8-6-5-7-9-17;1-10(2)9-17-15-18-12(8-13(19-15)14(16)20)11-6-4-3-5-7-11;1-19(8-7-15)14-17-11(9-12(18-14)13(16)20)10-5-3-2-4-6-10/h5-9,14-16H,10-13H2,1-4H3,(H2,22,26);3-8,10H,9H2,1-2H3,(H2,16,20)(H,17,18,19);2-6,9H,8H2,1H3,(H2,16,20). The molecule has 7 N–H and O–H groups in total. The van der Waals surface area contributed by atoms with Crippen molar-refractivity contribution in [3.63, 3.8) is 0 Å². The van der Waals surface area contributed by atoms with E-state index < -0.39 is 17.7 Å². The van der Waals surface area contributed by atoms with Crippen molar-refractivity contribution in [2.24, 2.45) is 35.0 Å². The molecule has 0 saturated heterocycles. The summed E-state index contributed by atoms with van der Waals surface area (Å²) in [6, 6.07) is 35.7. The van der Waals surface area contributed by atoms with Gasteiger partial charge in [0.15, 0.2) is 0 Å². The summed E-state index contributed by atoms with van der Waals surface area (Å²) < 4.78 is 0. The van der Waals surface area contributed by atoms with E-state index in [1.54, 1.807) is 30.1 Å². The molecule has 0 fully saturated rings. The molecular weight excluding hydrogens is 831 g/mol. The van der Waals surface area contributed by atoms with E-state index in [2.05, 4.69) is 76.7 Å². The minimum Gasteiger partial charge on any atom is -0.364 e. The molecule has 3 aromatic heterocycles. The average Bonchev–Trinajstić information content (AvgIpc) is 3.31. The van der Waals surface area contributed by atoms with Crippen molar-refractivity contribution < 1.29 is 14.4 Å². The summed E-state index contributed by atoms with van der Waals surface area (Å²) in [5.41, 5.74) is 21.5. The monoisotopic (exact) mass is 892 g/mol. The van der Waals surface area contributed by atoms with E-state index in [1.807, 2.05) is 97.1 Å². The van der Waals surface area contributed by atoms with Gasteiger partial charge in [0.2, 0.25) is 17.8 Å². The van der Waals surface area contributed by atoms with Gasteiger partial charge in [-0.15, -0.1) is 0 Å². The molecule has 0 unspecified atom stereocenters. The maximum atomic E-state index is 11.8. The molecule has 344 valence electrons. The second-order valence-electron chi connectivity index (χ2n) is 16.7. The van der Waals surface area contributed by atoms with Crippen LogP contribution in [0.4, 0.5) is 17.8 Å². The Hall–Kier alpha value is -7.80. The summed E-state index contributed by atoms with van der Waals surface area (Å²) in [6.07, 6.45) is 2.09. The number of amides is 3. The summed E-state index contributed by atoms with van der Waals surface area (Å²) in [5.74, 6) is 1.22. The summed E-state index contributed by atoms with van der Waals surface area (Å²) in [6.45, 7) is 15.6. The number of nitriles is 1. The quantitative estimate of drug-likeness (QED) is 0.0606. The van der Waals surface area contributed by atoms with Gasteiger partial charge < -0.3 is 32.3 Å². The number of hydrogen-bond donors (Lipinski definition) is 4. The molecule has 6 aromatic rings. The van der Waals surface area contributed by atoms with E-state index in [-0.39, 0.29) is 23.6 Å². The van der Waals surface area contributed by atoms with Gasteiger partial charge in [-0.1, -0.05) is 133 Å². The first-order chi connectivity index (χ1) is 31.5. The van der Waals surface area contributed by atoms with Crippen LogP contribution in [0.5, 0.6) is 0 Å². The number of primary amides is 3. The molecule has 0 aliphatic heterocycles. The largest absolute Gasteiger partial charge is 0.364 e. The molecule has 3 amide bonds. The van der Waals surface area contributed by atoms with E-state index in [0.29, 0.717) is 47.0 Å². The fourth-order valence-electron chi connectivity index (χ4n) is 5.97. The van der Waals surface area contributed by atoms with Crippen LogP contribution < -0.4 is 32.3 Å². The average molecular weight is 892 g/mol. The molecule has 0 aliphatic rings. The number of carbonyl (C=O) groups excluding carboxylic acids is 3. The van der Waals surface area contributed by atoms with Crippen molar-refractivity contribution in [1.29, 1.82) is 5.26 Å². The van der Waals surface area contributed by atoms with Crippen LogP contribution in [0.15, 0.2) is 109 Å². The van der Waals surface area contributed by atoms with Crippen LogP contribution >= 0.6 is 0 Å². The smallest absolute Gasteiger partial charge is 0.267 e. The van der Waals surface area contributed by atoms with E-state index in [9.17, 15) is 14.4 Å². The van der Waals surface area contributed by atoms with Gasteiger partial charge in [0, 0.05) is 43.4 Å². The Morgan fingerprint density at radius 2 is 0.939 bits per heavy atom. The maximum Gasteiger partial charge on any atom is 0.267 e. The summed E-state index contributed by atoms with van der Waals surface area (Å²) in [4.78, 5) is 64.5. The summed E-state index contributed by atoms with van der Waals surface area (Å²) >= 11 is 0. The Kier molecular flexibility index (Phi) is 19.6. The van der Waals surface area contributed by atoms with Crippen molar-refractivity contribution in [2.45, 2.75) is 54.4 Å². The zero-order valence-corrected chi connectivity index (χ0v) is 38.8. The lowest BCUT2D eigenvalue weighted by Crippen LogP contribution is -2.30. The van der Waals surface area contributed by atoms with Crippen molar-refractivity contribution in [3.05, 3.63) is 126 Å². The van der Waals surface area contributed by atoms with Gasteiger partial charge >= 0.3 is 0 Å². The lowest BCUT2D eigenvalue weighted by Gasteiger charge is -2.25. The van der Waals surface area contributed by atoms with Crippen molar-refractivity contribution >= 4 is 35.6 Å². The molecule has 16 heteroatoms. The van der Waals surface area contributed by atoms with Gasteiger partial charge in [-0.2, -0.15) is 5.26 Å². The van der Waals surface area contributed by atoms with Crippen LogP contribution in [0.25, 0.3) is 33.8 Å². The zero-order chi connectivity index (χ0) is 48.2. The number of nitrogens with one attached hydrogen (secondary N) is 1. The topological polar surface area (TPSA) is 249 Å². The third-order valence-corrected chi connectivity index (χ3v) is 9.67. The summed E-state index contributed by atoms with van der Waals surface area (Å²) in [7, 11) is 1.68. The van der Waals surface area contributed by atoms with Crippen LogP contribution in [0.1, 0.15) is 85.8 Å². The predicted molar refractivity (Wildman–Crippen MR) is 261 cm³/mol. The molecule has 0 spiro atoms. The van der Waals surface area contributed by atoms with Crippen molar-refractivity contribution in [2.75, 3.05) is 48.3 Å². The number of benzene rings is 3. The van der Waals surface area contributed by atoms with Crippen molar-refractivity contribution in [1.82, 2.24) is 29.9 Å². The Balaban J connectivity index is 0.000000219. The fraction of sp³-hybridized carbons (Fsp3) is 0.320. The number of rotatable bonds is 18. The zero-order valence-electron chi connectivity index (χ0n) is 38.8. The van der Waals surface area contributed by atoms with Gasteiger partial charge in [-0.25, -0.2) is 29.9 Å². The van der Waals surface area contributed by atoms with Gasteiger partial charge in [-0.3, -0.25) is 14.4 Å². The number of carbonyl (C=O) groups is 3. The second kappa shape index (κ2) is 25.5. The first-order valence-electron chi connectivity index (χ1n) is 21.8. The van der Waals surface area contributed by atoms with Gasteiger partial charge in [0.25, 0.3) is 17.7 Å². The highest BCUT2D eigenvalue weighted by Gasteiger charge is 2.17. The lowest BCUT2D eigenvalue weighted by molar-refractivity contribution is 0.0987. The number of aromatic nitrogens is 6. The first-order valence-corrected chi connectivity index (χ1v) is 21.8. The molecule has 16 nitrogen and oxygen atoms in total. The third kappa shape index (κ3) is 16.4. The Bertz CT molecular complexity index is 2520. The van der Waals surface area contributed by atoms with Crippen LogP contribution in [0.2, 0.25) is 0 Å². The van der Waals surface area contributed by atoms with Crippen LogP contribution in [0.3, 0.4) is 0 Å². The molecule has 3 heterocycles. The molecule has 3 aromatic carbocycles. The van der Waals surface area contributed by atoms with E-state index in [0.717, 1.165) is 54.9 Å². The number of nitrogens with two attached hydrogens (primary N) is 3. The highest BCUT2D eigenvalue weighted by molar-refractivity contribution is 5.93. The molecule has 0 radical (unpaired) electrons. The van der Waals surface area contributed by atoms with Gasteiger partial charge in [0.05, 0.1) is 23.2 Å². The van der Waals surface area contributed by atoms with Gasteiger partial charge in [-0.05, 0) is 48.8 Å². The Morgan fingerprint density at radius 1 is 0.561 bits per heavy atom. The molecule has 0 aliphatic carbocycles.